The Hall–Kier alpha value is -3.67. The maximum Gasteiger partial charge on any atom is 0.343 e. The van der Waals surface area contributed by atoms with E-state index in [1.165, 1.54) is 18.6 Å². The number of aromatic hydroxyl groups is 2. The van der Waals surface area contributed by atoms with Crippen molar-refractivity contribution in [3.8, 4) is 28.7 Å². The number of ether oxygens (including phenoxy) is 3. The van der Waals surface area contributed by atoms with Gasteiger partial charge in [-0.3, -0.25) is 0 Å². The van der Waals surface area contributed by atoms with Crippen molar-refractivity contribution >= 4 is 5.97 Å². The molecule has 3 atom stereocenters. The third-order valence-electron chi connectivity index (χ3n) is 9.10. The van der Waals surface area contributed by atoms with E-state index in [1.54, 1.807) is 24.3 Å². The van der Waals surface area contributed by atoms with Gasteiger partial charge >= 0.3 is 5.97 Å². The van der Waals surface area contributed by atoms with Crippen molar-refractivity contribution in [3.05, 3.63) is 76.9 Å². The number of fused-ring (bicyclic) bond motifs is 7. The molecule has 0 bridgehead atoms. The number of hydrogen-bond acceptors (Lipinski definition) is 6. The molecular formula is C30H28O6. The lowest BCUT2D eigenvalue weighted by molar-refractivity contribution is 0.0219. The summed E-state index contributed by atoms with van der Waals surface area (Å²) in [5.74, 6) is 1.89. The van der Waals surface area contributed by atoms with Gasteiger partial charge in [-0.05, 0) is 49.1 Å². The molecule has 2 aliphatic carbocycles. The van der Waals surface area contributed by atoms with Crippen LogP contribution in [0, 0.1) is 17.3 Å². The second kappa shape index (κ2) is 6.75. The average molecular weight is 485 g/mol. The molecule has 7 rings (SSSR count). The Morgan fingerprint density at radius 3 is 2.25 bits per heavy atom. The van der Waals surface area contributed by atoms with Gasteiger partial charge in [0, 0.05) is 40.2 Å². The second-order valence-electron chi connectivity index (χ2n) is 11.4. The predicted octanol–water partition coefficient (Wildman–Crippen LogP) is 6.26. The summed E-state index contributed by atoms with van der Waals surface area (Å²) in [7, 11) is 0. The smallest absolute Gasteiger partial charge is 0.343 e. The zero-order valence-electron chi connectivity index (χ0n) is 20.5. The summed E-state index contributed by atoms with van der Waals surface area (Å²) < 4.78 is 19.2. The Balaban J connectivity index is 1.43. The van der Waals surface area contributed by atoms with Gasteiger partial charge in [-0.25, -0.2) is 4.79 Å². The van der Waals surface area contributed by atoms with Crippen LogP contribution in [-0.2, 0) is 10.3 Å². The second-order valence-corrected chi connectivity index (χ2v) is 11.4. The topological polar surface area (TPSA) is 85.2 Å². The molecule has 6 nitrogen and oxygen atoms in total. The first kappa shape index (κ1) is 21.6. The molecule has 2 heterocycles. The number of esters is 1. The van der Waals surface area contributed by atoms with Crippen LogP contribution in [0.5, 0.6) is 28.7 Å². The summed E-state index contributed by atoms with van der Waals surface area (Å²) >= 11 is 0. The first-order valence-corrected chi connectivity index (χ1v) is 12.6. The van der Waals surface area contributed by atoms with Crippen LogP contribution >= 0.6 is 0 Å². The minimum Gasteiger partial charge on any atom is -0.508 e. The fourth-order valence-corrected chi connectivity index (χ4v) is 7.24. The Kier molecular flexibility index (Phi) is 4.05. The molecular weight excluding hydrogens is 456 g/mol. The van der Waals surface area contributed by atoms with E-state index >= 15 is 0 Å². The van der Waals surface area contributed by atoms with Crippen LogP contribution in [0.4, 0.5) is 0 Å². The number of rotatable bonds is 2. The number of benzene rings is 3. The number of carbonyl (C=O) groups excluding carboxylic acids is 1. The van der Waals surface area contributed by atoms with E-state index in [-0.39, 0.29) is 22.5 Å². The van der Waals surface area contributed by atoms with Gasteiger partial charge in [-0.1, -0.05) is 39.3 Å². The third-order valence-corrected chi connectivity index (χ3v) is 9.10. The Bertz CT molecular complexity index is 1400. The van der Waals surface area contributed by atoms with Gasteiger partial charge in [0.05, 0.1) is 0 Å². The SMILES string of the molecule is CC1CCC2C(C)(C)C2(Oc2cccc3c2C(=O)OC32c3ccc(O)cc3Oc3cc(O)ccc32)C1. The van der Waals surface area contributed by atoms with Crippen molar-refractivity contribution in [2.45, 2.75) is 51.2 Å². The molecule has 6 heteroatoms. The van der Waals surface area contributed by atoms with Gasteiger partial charge in [-0.2, -0.15) is 0 Å². The van der Waals surface area contributed by atoms with Crippen molar-refractivity contribution in [1.29, 1.82) is 0 Å². The maximum atomic E-state index is 13.7. The van der Waals surface area contributed by atoms with Gasteiger partial charge in [0.1, 0.15) is 39.9 Å². The van der Waals surface area contributed by atoms with Crippen LogP contribution in [0.1, 0.15) is 67.1 Å². The molecule has 3 aromatic carbocycles. The molecule has 2 saturated carbocycles. The number of carbonyl (C=O) groups is 1. The summed E-state index contributed by atoms with van der Waals surface area (Å²) in [6, 6.07) is 15.2. The molecule has 2 aliphatic heterocycles. The third kappa shape index (κ3) is 2.54. The lowest BCUT2D eigenvalue weighted by Crippen LogP contribution is -2.33. The fourth-order valence-electron chi connectivity index (χ4n) is 7.24. The van der Waals surface area contributed by atoms with Crippen LogP contribution in [0.3, 0.4) is 0 Å². The number of phenols is 2. The fraction of sp³-hybridized carbons (Fsp3) is 0.367. The zero-order chi connectivity index (χ0) is 25.0. The van der Waals surface area contributed by atoms with Crippen molar-refractivity contribution < 1.29 is 29.2 Å². The average Bonchev–Trinajstić information content (AvgIpc) is 3.12. The van der Waals surface area contributed by atoms with Crippen LogP contribution < -0.4 is 9.47 Å². The molecule has 3 aromatic rings. The van der Waals surface area contributed by atoms with E-state index in [4.69, 9.17) is 14.2 Å². The van der Waals surface area contributed by atoms with Crippen molar-refractivity contribution in [3.63, 3.8) is 0 Å². The number of phenolic OH excluding ortho intramolecular Hbond substituents is 2. The molecule has 1 spiro atoms. The van der Waals surface area contributed by atoms with E-state index < -0.39 is 11.6 Å². The van der Waals surface area contributed by atoms with Crippen LogP contribution in [-0.4, -0.2) is 21.8 Å². The monoisotopic (exact) mass is 484 g/mol. The van der Waals surface area contributed by atoms with Crippen molar-refractivity contribution in [2.24, 2.45) is 17.3 Å². The molecule has 2 fully saturated rings. The predicted molar refractivity (Wildman–Crippen MR) is 132 cm³/mol. The highest BCUT2D eigenvalue weighted by Gasteiger charge is 2.74. The Morgan fingerprint density at radius 2 is 1.58 bits per heavy atom. The summed E-state index contributed by atoms with van der Waals surface area (Å²) in [5, 5.41) is 20.3. The summed E-state index contributed by atoms with van der Waals surface area (Å²) in [6.45, 7) is 6.81. The lowest BCUT2D eigenvalue weighted by Gasteiger charge is -2.36. The van der Waals surface area contributed by atoms with Gasteiger partial charge in [0.2, 0.25) is 0 Å². The first-order chi connectivity index (χ1) is 17.2. The van der Waals surface area contributed by atoms with Gasteiger partial charge in [-0.15, -0.1) is 0 Å². The summed E-state index contributed by atoms with van der Waals surface area (Å²) in [6.07, 6.45) is 3.29. The number of hydrogen-bond donors (Lipinski definition) is 2. The van der Waals surface area contributed by atoms with Gasteiger partial charge in [0.15, 0.2) is 5.60 Å². The zero-order valence-corrected chi connectivity index (χ0v) is 20.5. The molecule has 2 N–H and O–H groups in total. The highest BCUT2D eigenvalue weighted by atomic mass is 16.6. The normalized spacial score (nSPS) is 27.7. The van der Waals surface area contributed by atoms with E-state index in [0.29, 0.717) is 51.3 Å². The van der Waals surface area contributed by atoms with Gasteiger partial charge < -0.3 is 24.4 Å². The molecule has 184 valence electrons. The molecule has 0 amide bonds. The Morgan fingerprint density at radius 1 is 0.917 bits per heavy atom. The van der Waals surface area contributed by atoms with E-state index in [1.807, 2.05) is 18.2 Å². The summed E-state index contributed by atoms with van der Waals surface area (Å²) in [5.41, 5.74) is 0.765. The largest absolute Gasteiger partial charge is 0.508 e. The first-order valence-electron chi connectivity index (χ1n) is 12.6. The van der Waals surface area contributed by atoms with E-state index in [2.05, 4.69) is 20.8 Å². The molecule has 0 aromatic heterocycles. The van der Waals surface area contributed by atoms with Crippen LogP contribution in [0.15, 0.2) is 54.6 Å². The van der Waals surface area contributed by atoms with Crippen molar-refractivity contribution in [2.75, 3.05) is 0 Å². The lowest BCUT2D eigenvalue weighted by atomic mass is 9.77. The van der Waals surface area contributed by atoms with Crippen LogP contribution in [0.2, 0.25) is 0 Å². The van der Waals surface area contributed by atoms with Crippen molar-refractivity contribution in [1.82, 2.24) is 0 Å². The standard InChI is InChI=1S/C30H28O6/c1-16-7-12-25-28(2,3)29(25,15-16)35-22-6-4-5-21-26(22)27(33)36-30(21)19-10-8-17(31)13-23(19)34-24-14-18(32)9-11-20(24)30/h4-6,8-11,13-14,16,25,31-32H,7,12,15H2,1-3H3. The highest BCUT2D eigenvalue weighted by molar-refractivity contribution is 5.99. The van der Waals surface area contributed by atoms with E-state index in [9.17, 15) is 15.0 Å². The highest BCUT2D eigenvalue weighted by Crippen LogP contribution is 2.71. The molecule has 4 aliphatic rings. The Labute approximate surface area is 209 Å². The summed E-state index contributed by atoms with van der Waals surface area (Å²) in [4.78, 5) is 13.7. The quantitative estimate of drug-likeness (QED) is 0.418. The minimum atomic E-state index is -1.29. The maximum absolute atomic E-state index is 13.7. The van der Waals surface area contributed by atoms with E-state index in [0.717, 1.165) is 12.8 Å². The molecule has 0 saturated heterocycles. The molecule has 36 heavy (non-hydrogen) atoms. The molecule has 0 radical (unpaired) electrons. The van der Waals surface area contributed by atoms with Gasteiger partial charge in [0.25, 0.3) is 0 Å². The minimum absolute atomic E-state index is 0.0293. The van der Waals surface area contributed by atoms with Crippen LogP contribution in [0.25, 0.3) is 0 Å². The molecule has 3 unspecified atom stereocenters.